The number of hydrogen-bond donors (Lipinski definition) is 2. The molecule has 0 aliphatic carbocycles. The fourth-order valence-corrected chi connectivity index (χ4v) is 0.641. The van der Waals surface area contributed by atoms with Gasteiger partial charge in [0.05, 0.1) is 0 Å². The van der Waals surface area contributed by atoms with E-state index < -0.39 is 0 Å². The van der Waals surface area contributed by atoms with Crippen molar-refractivity contribution in [3.63, 3.8) is 0 Å². The molecule has 0 aliphatic heterocycles. The molecule has 0 saturated heterocycles. The second-order valence-corrected chi connectivity index (χ2v) is 1.95. The Balaban J connectivity index is 3.17. The summed E-state index contributed by atoms with van der Waals surface area (Å²) in [7, 11) is 1.47. The molecule has 1 aromatic heterocycles. The molecule has 5 nitrogen and oxygen atoms in total. The third-order valence-corrected chi connectivity index (χ3v) is 1.35. The van der Waals surface area contributed by atoms with E-state index in [-0.39, 0.29) is 0 Å². The Morgan fingerprint density at radius 1 is 1.50 bits per heavy atom. The molecule has 0 saturated carbocycles. The number of anilines is 2. The normalized spacial score (nSPS) is 9.80. The number of hydrogen-bond acceptors (Lipinski definition) is 4. The summed E-state index contributed by atoms with van der Waals surface area (Å²) in [5.41, 5.74) is 11.7. The molecule has 1 aromatic rings. The zero-order valence-electron chi connectivity index (χ0n) is 5.96. The lowest BCUT2D eigenvalue weighted by molar-refractivity contribution is 0.140. The monoisotopic (exact) mass is 142 g/mol. The highest BCUT2D eigenvalue weighted by Gasteiger charge is 2.07. The number of nitrogens with two attached hydrogens (primary N) is 2. The molecule has 56 valence electrons. The van der Waals surface area contributed by atoms with E-state index in [2.05, 4.69) is 5.10 Å². The summed E-state index contributed by atoms with van der Waals surface area (Å²) in [6, 6.07) is 0. The molecule has 1 heterocycles. The van der Waals surface area contributed by atoms with Gasteiger partial charge in [-0.3, -0.25) is 0 Å². The van der Waals surface area contributed by atoms with Crippen LogP contribution in [-0.2, 0) is 0 Å². The molecule has 1 rings (SSSR count). The lowest BCUT2D eigenvalue weighted by Crippen LogP contribution is -2.11. The molecule has 0 amide bonds. The average molecular weight is 142 g/mol. The molecule has 0 aliphatic rings. The maximum absolute atomic E-state index is 5.51. The minimum Gasteiger partial charge on any atom is -0.398 e. The van der Waals surface area contributed by atoms with Crippen LogP contribution in [0, 0.1) is 6.92 Å². The molecular formula is C5H10N4O. The van der Waals surface area contributed by atoms with Crippen molar-refractivity contribution in [3.05, 3.63) is 5.56 Å². The number of nitrogen functional groups attached to an aromatic ring is 2. The Bertz CT molecular complexity index is 242. The van der Waals surface area contributed by atoms with Gasteiger partial charge in [0.2, 0.25) is 0 Å². The third kappa shape index (κ3) is 0.754. The summed E-state index contributed by atoms with van der Waals surface area (Å²) in [4.78, 5) is 5.93. The molecule has 5 heteroatoms. The first kappa shape index (κ1) is 6.73. The van der Waals surface area contributed by atoms with E-state index in [0.29, 0.717) is 11.6 Å². The summed E-state index contributed by atoms with van der Waals surface area (Å²) >= 11 is 0. The van der Waals surface area contributed by atoms with Gasteiger partial charge in [-0.05, 0) is 6.92 Å². The Labute approximate surface area is 58.5 Å². The van der Waals surface area contributed by atoms with E-state index in [9.17, 15) is 0 Å². The first-order valence-electron chi connectivity index (χ1n) is 2.82. The maximum Gasteiger partial charge on any atom is 0.168 e. The summed E-state index contributed by atoms with van der Waals surface area (Å²) in [6.45, 7) is 1.78. The van der Waals surface area contributed by atoms with Gasteiger partial charge in [-0.1, -0.05) is 4.85 Å². The molecule has 0 spiro atoms. The smallest absolute Gasteiger partial charge is 0.168 e. The Morgan fingerprint density at radius 3 is 2.30 bits per heavy atom. The summed E-state index contributed by atoms with van der Waals surface area (Å²) in [5, 5.41) is 3.78. The van der Waals surface area contributed by atoms with Gasteiger partial charge >= 0.3 is 0 Å². The molecule has 0 atom stereocenters. The van der Waals surface area contributed by atoms with Crippen molar-refractivity contribution < 1.29 is 4.84 Å². The Morgan fingerprint density at radius 2 is 2.10 bits per heavy atom. The van der Waals surface area contributed by atoms with Crippen molar-refractivity contribution in [1.82, 2.24) is 9.94 Å². The van der Waals surface area contributed by atoms with Gasteiger partial charge in [-0.2, -0.15) is 0 Å². The summed E-state index contributed by atoms with van der Waals surface area (Å²) in [5.74, 6) is 0.847. The van der Waals surface area contributed by atoms with Gasteiger partial charge in [0.25, 0.3) is 0 Å². The van der Waals surface area contributed by atoms with E-state index in [1.165, 1.54) is 12.0 Å². The lowest BCUT2D eigenvalue weighted by Gasteiger charge is -1.97. The van der Waals surface area contributed by atoms with E-state index in [1.807, 2.05) is 0 Å². The largest absolute Gasteiger partial charge is 0.398 e. The van der Waals surface area contributed by atoms with Crippen LogP contribution < -0.4 is 16.3 Å². The van der Waals surface area contributed by atoms with Gasteiger partial charge in [0, 0.05) is 5.56 Å². The predicted molar refractivity (Wildman–Crippen MR) is 38.3 cm³/mol. The van der Waals surface area contributed by atoms with Crippen molar-refractivity contribution in [1.29, 1.82) is 0 Å². The van der Waals surface area contributed by atoms with Crippen LogP contribution in [0.4, 0.5) is 11.6 Å². The van der Waals surface area contributed by atoms with Crippen LogP contribution >= 0.6 is 0 Å². The van der Waals surface area contributed by atoms with Gasteiger partial charge in [-0.25, -0.2) is 0 Å². The van der Waals surface area contributed by atoms with Crippen LogP contribution in [0.3, 0.4) is 0 Å². The zero-order valence-corrected chi connectivity index (χ0v) is 5.96. The first-order chi connectivity index (χ1) is 4.66. The highest BCUT2D eigenvalue weighted by Crippen LogP contribution is 2.14. The van der Waals surface area contributed by atoms with Gasteiger partial charge < -0.3 is 16.3 Å². The summed E-state index contributed by atoms with van der Waals surface area (Å²) in [6.07, 6.45) is 0. The molecule has 0 bridgehead atoms. The van der Waals surface area contributed by atoms with Crippen molar-refractivity contribution in [2.75, 3.05) is 18.6 Å². The molecule has 4 N–H and O–H groups in total. The van der Waals surface area contributed by atoms with Crippen LogP contribution in [0.2, 0.25) is 0 Å². The Hall–Kier alpha value is -1.39. The van der Waals surface area contributed by atoms with Crippen molar-refractivity contribution in [2.45, 2.75) is 6.92 Å². The lowest BCUT2D eigenvalue weighted by atomic mass is 10.3. The summed E-state index contributed by atoms with van der Waals surface area (Å²) < 4.78 is 0. The van der Waals surface area contributed by atoms with Crippen LogP contribution in [0.15, 0.2) is 0 Å². The average Bonchev–Trinajstić information content (AvgIpc) is 2.17. The molecule has 0 unspecified atom stereocenters. The fraction of sp³-hybridized carbons (Fsp3) is 0.400. The minimum absolute atomic E-state index is 0.402. The van der Waals surface area contributed by atoms with Crippen LogP contribution in [0.25, 0.3) is 0 Å². The predicted octanol–water partition coefficient (Wildman–Crippen LogP) is -0.586. The van der Waals surface area contributed by atoms with Crippen LogP contribution in [0.5, 0.6) is 0 Å². The number of rotatable bonds is 1. The maximum atomic E-state index is 5.51. The SMILES string of the molecule is COn1nc(N)c(C)c1N. The van der Waals surface area contributed by atoms with E-state index >= 15 is 0 Å². The van der Waals surface area contributed by atoms with Crippen molar-refractivity contribution >= 4 is 11.6 Å². The van der Waals surface area contributed by atoms with Crippen molar-refractivity contribution in [3.8, 4) is 0 Å². The molecule has 0 radical (unpaired) electrons. The van der Waals surface area contributed by atoms with Gasteiger partial charge in [0.1, 0.15) is 7.11 Å². The van der Waals surface area contributed by atoms with Crippen LogP contribution in [0.1, 0.15) is 5.56 Å². The second-order valence-electron chi connectivity index (χ2n) is 1.95. The number of aromatic nitrogens is 2. The fourth-order valence-electron chi connectivity index (χ4n) is 0.641. The zero-order chi connectivity index (χ0) is 7.72. The highest BCUT2D eigenvalue weighted by atomic mass is 16.7. The quantitative estimate of drug-likeness (QED) is 0.549. The van der Waals surface area contributed by atoms with Crippen LogP contribution in [-0.4, -0.2) is 17.1 Å². The topological polar surface area (TPSA) is 79.1 Å². The van der Waals surface area contributed by atoms with Gasteiger partial charge in [0.15, 0.2) is 11.6 Å². The molecule has 10 heavy (non-hydrogen) atoms. The standard InChI is InChI=1S/C5H10N4O/c1-3-4(6)8-9(10-2)5(3)7/h7H2,1-2H3,(H2,6,8). The molecular weight excluding hydrogens is 132 g/mol. The number of nitrogens with zero attached hydrogens (tertiary/aromatic N) is 2. The second kappa shape index (κ2) is 2.09. The molecule has 0 fully saturated rings. The van der Waals surface area contributed by atoms with E-state index in [1.54, 1.807) is 6.92 Å². The van der Waals surface area contributed by atoms with Crippen molar-refractivity contribution in [2.24, 2.45) is 0 Å². The third-order valence-electron chi connectivity index (χ3n) is 1.35. The van der Waals surface area contributed by atoms with E-state index in [4.69, 9.17) is 16.3 Å². The highest BCUT2D eigenvalue weighted by molar-refractivity contribution is 5.52. The van der Waals surface area contributed by atoms with E-state index in [0.717, 1.165) is 5.56 Å². The molecule has 0 aromatic carbocycles. The minimum atomic E-state index is 0.402. The Kier molecular flexibility index (Phi) is 1.41. The van der Waals surface area contributed by atoms with Gasteiger partial charge in [-0.15, -0.1) is 5.10 Å². The first-order valence-corrected chi connectivity index (χ1v) is 2.82.